The van der Waals surface area contributed by atoms with Gasteiger partial charge in [0.25, 0.3) is 0 Å². The molecule has 0 saturated heterocycles. The molecule has 1 aromatic heterocycles. The predicted molar refractivity (Wildman–Crippen MR) is 60.8 cm³/mol. The van der Waals surface area contributed by atoms with Gasteiger partial charge in [-0.05, 0) is 26.3 Å². The summed E-state index contributed by atoms with van der Waals surface area (Å²) in [6.45, 7) is 2.95. The Morgan fingerprint density at radius 3 is 2.94 bits per heavy atom. The van der Waals surface area contributed by atoms with Gasteiger partial charge in [-0.15, -0.1) is 0 Å². The molecule has 0 bridgehead atoms. The molecular formula is C11H19N5. The summed E-state index contributed by atoms with van der Waals surface area (Å²) in [4.78, 5) is 6.86. The fourth-order valence-corrected chi connectivity index (χ4v) is 2.19. The molecule has 88 valence electrons. The van der Waals surface area contributed by atoms with Crippen molar-refractivity contribution in [3.8, 4) is 0 Å². The van der Waals surface area contributed by atoms with E-state index in [4.69, 9.17) is 5.73 Å². The van der Waals surface area contributed by atoms with Crippen molar-refractivity contribution in [1.29, 1.82) is 0 Å². The third-order valence-electron chi connectivity index (χ3n) is 3.64. The number of aryl methyl sites for hydroxylation is 1. The van der Waals surface area contributed by atoms with Crippen molar-refractivity contribution in [2.45, 2.75) is 44.3 Å². The standard InChI is InChI=1S/C11H19N5/c1-15-6-7-16-10(8-15)13-9(14-16)2-3-11(12)4-5-11/h2-8,12H2,1H3. The number of rotatable bonds is 3. The van der Waals surface area contributed by atoms with Crippen molar-refractivity contribution in [2.24, 2.45) is 5.73 Å². The van der Waals surface area contributed by atoms with Gasteiger partial charge < -0.3 is 5.73 Å². The van der Waals surface area contributed by atoms with Gasteiger partial charge in [0.1, 0.15) is 5.82 Å². The minimum absolute atomic E-state index is 0.114. The number of aromatic nitrogens is 3. The molecule has 0 aromatic carbocycles. The SMILES string of the molecule is CN1CCn2nc(CCC3(N)CC3)nc2C1. The Morgan fingerprint density at radius 1 is 1.38 bits per heavy atom. The van der Waals surface area contributed by atoms with Gasteiger partial charge in [-0.2, -0.15) is 5.10 Å². The van der Waals surface area contributed by atoms with Crippen LogP contribution in [0, 0.1) is 0 Å². The number of likely N-dealkylation sites (N-methyl/N-ethyl adjacent to an activating group) is 1. The summed E-state index contributed by atoms with van der Waals surface area (Å²) in [6, 6.07) is 0. The van der Waals surface area contributed by atoms with Crippen LogP contribution in [0.3, 0.4) is 0 Å². The maximum atomic E-state index is 6.07. The summed E-state index contributed by atoms with van der Waals surface area (Å²) in [6.07, 6.45) is 4.30. The first-order chi connectivity index (χ1) is 7.65. The van der Waals surface area contributed by atoms with E-state index in [-0.39, 0.29) is 5.54 Å². The lowest BCUT2D eigenvalue weighted by Gasteiger charge is -2.21. The van der Waals surface area contributed by atoms with Crippen molar-refractivity contribution < 1.29 is 0 Å². The molecule has 16 heavy (non-hydrogen) atoms. The minimum atomic E-state index is 0.114. The highest BCUT2D eigenvalue weighted by Gasteiger charge is 2.37. The Balaban J connectivity index is 1.67. The fraction of sp³-hybridized carbons (Fsp3) is 0.818. The van der Waals surface area contributed by atoms with Gasteiger partial charge in [0.15, 0.2) is 5.82 Å². The zero-order valence-corrected chi connectivity index (χ0v) is 9.82. The number of hydrogen-bond donors (Lipinski definition) is 1. The zero-order chi connectivity index (χ0) is 11.2. The Hall–Kier alpha value is -0.940. The second kappa shape index (κ2) is 3.53. The van der Waals surface area contributed by atoms with Crippen LogP contribution in [-0.4, -0.2) is 38.8 Å². The van der Waals surface area contributed by atoms with E-state index >= 15 is 0 Å². The normalized spacial score (nSPS) is 23.1. The van der Waals surface area contributed by atoms with E-state index in [1.807, 2.05) is 4.68 Å². The van der Waals surface area contributed by atoms with Crippen LogP contribution in [0.1, 0.15) is 30.9 Å². The zero-order valence-electron chi connectivity index (χ0n) is 9.82. The number of hydrogen-bond acceptors (Lipinski definition) is 4. The lowest BCUT2D eigenvalue weighted by molar-refractivity contribution is 0.254. The molecule has 1 saturated carbocycles. The van der Waals surface area contributed by atoms with Gasteiger partial charge in [0.2, 0.25) is 0 Å². The van der Waals surface area contributed by atoms with Crippen LogP contribution in [0.5, 0.6) is 0 Å². The average Bonchev–Trinajstić information content (AvgIpc) is 2.85. The summed E-state index contributed by atoms with van der Waals surface area (Å²) in [5, 5.41) is 4.54. The van der Waals surface area contributed by atoms with E-state index in [1.54, 1.807) is 0 Å². The van der Waals surface area contributed by atoms with Crippen molar-refractivity contribution in [1.82, 2.24) is 19.7 Å². The van der Waals surface area contributed by atoms with Crippen molar-refractivity contribution >= 4 is 0 Å². The van der Waals surface area contributed by atoms with Crippen molar-refractivity contribution in [3.05, 3.63) is 11.6 Å². The molecule has 2 N–H and O–H groups in total. The molecule has 2 aliphatic rings. The predicted octanol–water partition coefficient (Wildman–Crippen LogP) is 0.147. The van der Waals surface area contributed by atoms with Crippen LogP contribution in [0.4, 0.5) is 0 Å². The molecule has 1 fully saturated rings. The second-order valence-corrected chi connectivity index (χ2v) is 5.27. The van der Waals surface area contributed by atoms with Gasteiger partial charge in [-0.3, -0.25) is 4.90 Å². The number of fused-ring (bicyclic) bond motifs is 1. The number of nitrogens with zero attached hydrogens (tertiary/aromatic N) is 4. The number of nitrogens with two attached hydrogens (primary N) is 1. The molecule has 1 aliphatic heterocycles. The van der Waals surface area contributed by atoms with E-state index < -0.39 is 0 Å². The van der Waals surface area contributed by atoms with E-state index in [1.165, 1.54) is 12.8 Å². The Kier molecular flexibility index (Phi) is 2.26. The first-order valence-electron chi connectivity index (χ1n) is 6.05. The minimum Gasteiger partial charge on any atom is -0.325 e. The molecule has 1 aromatic rings. The van der Waals surface area contributed by atoms with Crippen molar-refractivity contribution in [3.63, 3.8) is 0 Å². The van der Waals surface area contributed by atoms with E-state index in [9.17, 15) is 0 Å². The van der Waals surface area contributed by atoms with Crippen LogP contribution >= 0.6 is 0 Å². The molecule has 5 nitrogen and oxygen atoms in total. The van der Waals surface area contributed by atoms with Crippen LogP contribution < -0.4 is 5.73 Å². The van der Waals surface area contributed by atoms with Crippen molar-refractivity contribution in [2.75, 3.05) is 13.6 Å². The lowest BCUT2D eigenvalue weighted by atomic mass is 10.1. The smallest absolute Gasteiger partial charge is 0.151 e. The molecular weight excluding hydrogens is 202 g/mol. The molecule has 0 atom stereocenters. The molecule has 0 radical (unpaired) electrons. The van der Waals surface area contributed by atoms with Gasteiger partial charge in [-0.1, -0.05) is 0 Å². The Morgan fingerprint density at radius 2 is 2.19 bits per heavy atom. The summed E-state index contributed by atoms with van der Waals surface area (Å²) < 4.78 is 2.05. The third-order valence-corrected chi connectivity index (χ3v) is 3.64. The molecule has 0 amide bonds. The molecule has 0 spiro atoms. The maximum Gasteiger partial charge on any atom is 0.151 e. The fourth-order valence-electron chi connectivity index (χ4n) is 2.19. The highest BCUT2D eigenvalue weighted by atomic mass is 15.4. The largest absolute Gasteiger partial charge is 0.325 e. The van der Waals surface area contributed by atoms with Gasteiger partial charge in [-0.25, -0.2) is 9.67 Å². The van der Waals surface area contributed by atoms with Gasteiger partial charge >= 0.3 is 0 Å². The Labute approximate surface area is 95.6 Å². The summed E-state index contributed by atoms with van der Waals surface area (Å²) >= 11 is 0. The highest BCUT2D eigenvalue weighted by molar-refractivity contribution is 5.02. The molecule has 2 heterocycles. The van der Waals surface area contributed by atoms with Gasteiger partial charge in [0.05, 0.1) is 13.1 Å². The van der Waals surface area contributed by atoms with E-state index in [2.05, 4.69) is 22.0 Å². The van der Waals surface area contributed by atoms with Crippen LogP contribution in [0.15, 0.2) is 0 Å². The first-order valence-corrected chi connectivity index (χ1v) is 6.05. The average molecular weight is 221 g/mol. The molecule has 3 rings (SSSR count). The van der Waals surface area contributed by atoms with Gasteiger partial charge in [0, 0.05) is 18.5 Å². The summed E-state index contributed by atoms with van der Waals surface area (Å²) in [5.74, 6) is 2.08. The van der Waals surface area contributed by atoms with Crippen LogP contribution in [-0.2, 0) is 19.5 Å². The summed E-state index contributed by atoms with van der Waals surface area (Å²) in [7, 11) is 2.12. The van der Waals surface area contributed by atoms with Crippen LogP contribution in [0.2, 0.25) is 0 Å². The highest BCUT2D eigenvalue weighted by Crippen LogP contribution is 2.36. The maximum absolute atomic E-state index is 6.07. The monoisotopic (exact) mass is 221 g/mol. The summed E-state index contributed by atoms with van der Waals surface area (Å²) in [5.41, 5.74) is 6.18. The van der Waals surface area contributed by atoms with E-state index in [0.29, 0.717) is 0 Å². The second-order valence-electron chi connectivity index (χ2n) is 5.27. The van der Waals surface area contributed by atoms with Crippen LogP contribution in [0.25, 0.3) is 0 Å². The Bertz CT molecular complexity index is 393. The molecule has 1 aliphatic carbocycles. The molecule has 0 unspecified atom stereocenters. The lowest BCUT2D eigenvalue weighted by Crippen LogP contribution is -2.30. The quantitative estimate of drug-likeness (QED) is 0.789. The first kappa shape index (κ1) is 10.2. The topological polar surface area (TPSA) is 60.0 Å². The van der Waals surface area contributed by atoms with E-state index in [0.717, 1.165) is 44.1 Å². The molecule has 5 heteroatoms. The third kappa shape index (κ3) is 1.97.